The SMILES string of the molecule is CC(C)c1[c-]cno1.[Rh]. The maximum Gasteiger partial charge on any atom is 0 e. The van der Waals surface area contributed by atoms with E-state index >= 15 is 0 Å². The van der Waals surface area contributed by atoms with Crippen molar-refractivity contribution < 1.29 is 24.0 Å². The molecule has 53 valence electrons. The summed E-state index contributed by atoms with van der Waals surface area (Å²) in [6.45, 7) is 4.08. The van der Waals surface area contributed by atoms with Crippen LogP contribution in [0.2, 0.25) is 0 Å². The van der Waals surface area contributed by atoms with Crippen molar-refractivity contribution >= 4 is 0 Å². The van der Waals surface area contributed by atoms with E-state index < -0.39 is 0 Å². The third-order valence-electron chi connectivity index (χ3n) is 0.935. The number of aromatic nitrogens is 1. The Bertz CT molecular complexity index is 148. The smallest absolute Gasteiger partial charge is 0 e. The first-order valence-corrected chi connectivity index (χ1v) is 2.63. The van der Waals surface area contributed by atoms with Crippen LogP contribution < -0.4 is 0 Å². The van der Waals surface area contributed by atoms with Gasteiger partial charge in [-0.05, 0) is 11.7 Å². The minimum absolute atomic E-state index is 0. The van der Waals surface area contributed by atoms with Crippen molar-refractivity contribution in [2.24, 2.45) is 0 Å². The predicted octanol–water partition coefficient (Wildman–Crippen LogP) is 1.60. The Morgan fingerprint density at radius 2 is 2.33 bits per heavy atom. The van der Waals surface area contributed by atoms with Crippen LogP contribution in [0, 0.1) is 6.07 Å². The van der Waals surface area contributed by atoms with Gasteiger partial charge in [-0.25, -0.2) is 0 Å². The third kappa shape index (κ3) is 2.27. The van der Waals surface area contributed by atoms with Crippen molar-refractivity contribution in [3.8, 4) is 0 Å². The van der Waals surface area contributed by atoms with E-state index in [1.54, 1.807) is 0 Å². The van der Waals surface area contributed by atoms with E-state index in [9.17, 15) is 0 Å². The molecule has 0 aliphatic carbocycles. The Morgan fingerprint density at radius 1 is 1.67 bits per heavy atom. The van der Waals surface area contributed by atoms with Crippen molar-refractivity contribution in [1.29, 1.82) is 0 Å². The summed E-state index contributed by atoms with van der Waals surface area (Å²) in [5.41, 5.74) is 0. The normalized spacial score (nSPS) is 9.22. The van der Waals surface area contributed by atoms with Gasteiger partial charge < -0.3 is 10.6 Å². The Labute approximate surface area is 67.4 Å². The van der Waals surface area contributed by atoms with Gasteiger partial charge in [0, 0.05) is 19.5 Å². The molecule has 0 aromatic carbocycles. The average molecular weight is 213 g/mol. The Kier molecular flexibility index (Phi) is 3.71. The average Bonchev–Trinajstić information content (AvgIpc) is 2.12. The Morgan fingerprint density at radius 3 is 2.56 bits per heavy atom. The van der Waals surface area contributed by atoms with Crippen LogP contribution in [-0.4, -0.2) is 5.16 Å². The second-order valence-corrected chi connectivity index (χ2v) is 1.99. The molecule has 1 aromatic rings. The second kappa shape index (κ2) is 3.78. The van der Waals surface area contributed by atoms with Crippen LogP contribution in [0.15, 0.2) is 10.7 Å². The summed E-state index contributed by atoms with van der Waals surface area (Å²) >= 11 is 0. The first-order valence-electron chi connectivity index (χ1n) is 2.63. The molecule has 0 aliphatic heterocycles. The molecule has 3 heteroatoms. The third-order valence-corrected chi connectivity index (χ3v) is 0.935. The van der Waals surface area contributed by atoms with Crippen molar-refractivity contribution in [2.45, 2.75) is 19.8 Å². The zero-order valence-corrected chi connectivity index (χ0v) is 6.98. The standard InChI is InChI=1S/C6H8NO.Rh/c1-5(2)6-3-4-7-8-6;/h4-5H,1-2H3;/q-1;. The van der Waals surface area contributed by atoms with Crippen molar-refractivity contribution in [2.75, 3.05) is 0 Å². The first kappa shape index (κ1) is 8.83. The topological polar surface area (TPSA) is 26.0 Å². The Balaban J connectivity index is 0.000000640. The predicted molar refractivity (Wildman–Crippen MR) is 29.4 cm³/mol. The zero-order valence-electron chi connectivity index (χ0n) is 5.34. The summed E-state index contributed by atoms with van der Waals surface area (Å²) in [4.78, 5) is 0. The van der Waals surface area contributed by atoms with Gasteiger partial charge in [-0.3, -0.25) is 0 Å². The Hall–Kier alpha value is -0.167. The molecule has 2 nitrogen and oxygen atoms in total. The van der Waals surface area contributed by atoms with Crippen molar-refractivity contribution in [1.82, 2.24) is 5.16 Å². The first-order chi connectivity index (χ1) is 3.80. The maximum absolute atomic E-state index is 4.79. The van der Waals surface area contributed by atoms with Gasteiger partial charge in [0.1, 0.15) is 0 Å². The summed E-state index contributed by atoms with van der Waals surface area (Å²) in [6, 6.07) is 2.86. The van der Waals surface area contributed by atoms with E-state index in [4.69, 9.17) is 4.52 Å². The molecule has 1 heterocycles. The van der Waals surface area contributed by atoms with Gasteiger partial charge in [-0.15, -0.1) is 11.4 Å². The molecule has 0 saturated carbocycles. The van der Waals surface area contributed by atoms with Crippen LogP contribution >= 0.6 is 0 Å². The number of hydrogen-bond donors (Lipinski definition) is 0. The summed E-state index contributed by atoms with van der Waals surface area (Å²) < 4.78 is 4.79. The number of hydrogen-bond acceptors (Lipinski definition) is 2. The minimum Gasteiger partial charge on any atom is -0.406 e. The number of nitrogens with zero attached hydrogens (tertiary/aromatic N) is 1. The maximum atomic E-state index is 4.79. The van der Waals surface area contributed by atoms with Gasteiger partial charge in [0.2, 0.25) is 0 Å². The second-order valence-electron chi connectivity index (χ2n) is 1.99. The van der Waals surface area contributed by atoms with Crippen LogP contribution in [0.1, 0.15) is 25.5 Å². The fraction of sp³-hybridized carbons (Fsp3) is 0.500. The van der Waals surface area contributed by atoms with Gasteiger partial charge in [0.15, 0.2) is 0 Å². The molecule has 1 aromatic heterocycles. The molecule has 1 radical (unpaired) electrons. The molecule has 0 fully saturated rings. The molecule has 0 unspecified atom stereocenters. The van der Waals surface area contributed by atoms with Crippen LogP contribution in [0.3, 0.4) is 0 Å². The number of rotatable bonds is 1. The molecule has 0 saturated heterocycles. The molecular formula is C6H8NORh-. The van der Waals surface area contributed by atoms with Gasteiger partial charge in [0.05, 0.1) is 0 Å². The van der Waals surface area contributed by atoms with E-state index in [2.05, 4.69) is 11.2 Å². The van der Waals surface area contributed by atoms with Crippen LogP contribution in [0.5, 0.6) is 0 Å². The van der Waals surface area contributed by atoms with E-state index in [1.807, 2.05) is 13.8 Å². The quantitative estimate of drug-likeness (QED) is 0.523. The summed E-state index contributed by atoms with van der Waals surface area (Å²) in [5.74, 6) is 1.22. The summed E-state index contributed by atoms with van der Waals surface area (Å²) in [7, 11) is 0. The van der Waals surface area contributed by atoms with E-state index in [1.165, 1.54) is 6.20 Å². The van der Waals surface area contributed by atoms with E-state index in [0.717, 1.165) is 5.76 Å². The fourth-order valence-corrected chi connectivity index (χ4v) is 0.472. The van der Waals surface area contributed by atoms with Crippen molar-refractivity contribution in [3.63, 3.8) is 0 Å². The molecular weight excluding hydrogens is 205 g/mol. The molecule has 0 bridgehead atoms. The van der Waals surface area contributed by atoms with Crippen LogP contribution in [0.4, 0.5) is 0 Å². The fourth-order valence-electron chi connectivity index (χ4n) is 0.472. The van der Waals surface area contributed by atoms with Gasteiger partial charge in [-0.2, -0.15) is 0 Å². The van der Waals surface area contributed by atoms with Gasteiger partial charge in [0.25, 0.3) is 0 Å². The zero-order chi connectivity index (χ0) is 5.98. The molecule has 0 amide bonds. The van der Waals surface area contributed by atoms with Crippen LogP contribution in [-0.2, 0) is 19.5 Å². The monoisotopic (exact) mass is 213 g/mol. The van der Waals surface area contributed by atoms with Crippen LogP contribution in [0.25, 0.3) is 0 Å². The molecule has 0 atom stereocenters. The summed E-state index contributed by atoms with van der Waals surface area (Å²) in [6.07, 6.45) is 1.54. The van der Waals surface area contributed by atoms with Gasteiger partial charge >= 0.3 is 0 Å². The van der Waals surface area contributed by atoms with E-state index in [0.29, 0.717) is 5.92 Å². The molecule has 9 heavy (non-hydrogen) atoms. The molecule has 0 spiro atoms. The molecule has 0 aliphatic rings. The minimum atomic E-state index is 0. The summed E-state index contributed by atoms with van der Waals surface area (Å²) in [5, 5.41) is 3.51. The largest absolute Gasteiger partial charge is 0.406 e. The van der Waals surface area contributed by atoms with Gasteiger partial charge in [-0.1, -0.05) is 13.8 Å². The molecule has 0 N–H and O–H groups in total. The molecule has 1 rings (SSSR count). The van der Waals surface area contributed by atoms with Crippen molar-refractivity contribution in [3.05, 3.63) is 18.0 Å². The van der Waals surface area contributed by atoms with E-state index in [-0.39, 0.29) is 19.5 Å².